The van der Waals surface area contributed by atoms with Gasteiger partial charge in [-0.15, -0.1) is 0 Å². The highest BCUT2D eigenvalue weighted by molar-refractivity contribution is 5.91. The number of nitrogens with zero attached hydrogens (tertiary/aromatic N) is 1. The summed E-state index contributed by atoms with van der Waals surface area (Å²) < 4.78 is 0. The molecule has 0 saturated carbocycles. The first-order valence-electron chi connectivity index (χ1n) is 4.47. The summed E-state index contributed by atoms with van der Waals surface area (Å²) in [5, 5.41) is 17.4. The SMILES string of the molecule is CC(=Cc1cc(C#N)ccc1C)C(=O)O. The van der Waals surface area contributed by atoms with E-state index in [2.05, 4.69) is 0 Å². The van der Waals surface area contributed by atoms with Crippen molar-refractivity contribution in [2.24, 2.45) is 0 Å². The molecule has 0 aromatic heterocycles. The Morgan fingerprint density at radius 1 is 1.53 bits per heavy atom. The van der Waals surface area contributed by atoms with Crippen LogP contribution < -0.4 is 0 Å². The third-order valence-electron chi connectivity index (χ3n) is 2.12. The van der Waals surface area contributed by atoms with E-state index in [1.54, 1.807) is 24.3 Å². The van der Waals surface area contributed by atoms with Gasteiger partial charge in [0.15, 0.2) is 0 Å². The van der Waals surface area contributed by atoms with Crippen LogP contribution in [0, 0.1) is 18.3 Å². The molecule has 0 spiro atoms. The second-order valence-electron chi connectivity index (χ2n) is 3.32. The Morgan fingerprint density at radius 3 is 2.73 bits per heavy atom. The molecule has 0 bridgehead atoms. The second-order valence-corrected chi connectivity index (χ2v) is 3.32. The van der Waals surface area contributed by atoms with Crippen LogP contribution >= 0.6 is 0 Å². The van der Waals surface area contributed by atoms with Crippen molar-refractivity contribution in [3.8, 4) is 6.07 Å². The fraction of sp³-hybridized carbons (Fsp3) is 0.167. The molecule has 1 aromatic carbocycles. The smallest absolute Gasteiger partial charge is 0.331 e. The first-order valence-corrected chi connectivity index (χ1v) is 4.47. The van der Waals surface area contributed by atoms with E-state index in [4.69, 9.17) is 10.4 Å². The quantitative estimate of drug-likeness (QED) is 0.747. The number of benzene rings is 1. The summed E-state index contributed by atoms with van der Waals surface area (Å²) >= 11 is 0. The first-order chi connectivity index (χ1) is 7.04. The number of carboxylic acids is 1. The van der Waals surface area contributed by atoms with Crippen LogP contribution in [0.25, 0.3) is 6.08 Å². The third kappa shape index (κ3) is 2.68. The summed E-state index contributed by atoms with van der Waals surface area (Å²) in [5.41, 5.74) is 2.52. The molecule has 15 heavy (non-hydrogen) atoms. The van der Waals surface area contributed by atoms with Crippen molar-refractivity contribution < 1.29 is 9.90 Å². The number of aliphatic carboxylic acids is 1. The van der Waals surface area contributed by atoms with Gasteiger partial charge in [-0.25, -0.2) is 4.79 Å². The van der Waals surface area contributed by atoms with Crippen LogP contribution in [0.2, 0.25) is 0 Å². The third-order valence-corrected chi connectivity index (χ3v) is 2.12. The van der Waals surface area contributed by atoms with Gasteiger partial charge >= 0.3 is 5.97 Å². The highest BCUT2D eigenvalue weighted by Crippen LogP contribution is 2.14. The summed E-state index contributed by atoms with van der Waals surface area (Å²) in [7, 11) is 0. The van der Waals surface area contributed by atoms with Gasteiger partial charge in [-0.3, -0.25) is 0 Å². The minimum absolute atomic E-state index is 0.258. The maximum atomic E-state index is 10.6. The molecule has 0 aliphatic heterocycles. The number of nitriles is 1. The normalized spacial score (nSPS) is 10.9. The second kappa shape index (κ2) is 4.43. The summed E-state index contributed by atoms with van der Waals surface area (Å²) in [6.45, 7) is 3.41. The van der Waals surface area contributed by atoms with Crippen molar-refractivity contribution in [3.05, 3.63) is 40.5 Å². The molecule has 76 valence electrons. The lowest BCUT2D eigenvalue weighted by molar-refractivity contribution is -0.132. The maximum absolute atomic E-state index is 10.6. The molecule has 1 rings (SSSR count). The van der Waals surface area contributed by atoms with Crippen LogP contribution in [0.5, 0.6) is 0 Å². The molecule has 0 unspecified atom stereocenters. The highest BCUT2D eigenvalue weighted by Gasteiger charge is 2.02. The monoisotopic (exact) mass is 201 g/mol. The van der Waals surface area contributed by atoms with Crippen LogP contribution in [0.1, 0.15) is 23.6 Å². The molecule has 1 aromatic rings. The van der Waals surface area contributed by atoms with Crippen molar-refractivity contribution in [3.63, 3.8) is 0 Å². The molecule has 3 heteroatoms. The number of carbonyl (C=O) groups is 1. The zero-order valence-corrected chi connectivity index (χ0v) is 8.61. The van der Waals surface area contributed by atoms with Gasteiger partial charge in [-0.1, -0.05) is 6.07 Å². The predicted octanol–water partition coefficient (Wildman–Crippen LogP) is 2.35. The predicted molar refractivity (Wildman–Crippen MR) is 57.2 cm³/mol. The lowest BCUT2D eigenvalue weighted by Crippen LogP contribution is -1.96. The molecule has 0 heterocycles. The van der Waals surface area contributed by atoms with Gasteiger partial charge in [0.2, 0.25) is 0 Å². The van der Waals surface area contributed by atoms with Gasteiger partial charge in [0.05, 0.1) is 11.6 Å². The molecule has 0 aliphatic carbocycles. The molecule has 0 amide bonds. The van der Waals surface area contributed by atoms with Crippen LogP contribution in [0.15, 0.2) is 23.8 Å². The Morgan fingerprint density at radius 2 is 2.20 bits per heavy atom. The largest absolute Gasteiger partial charge is 0.478 e. The Bertz CT molecular complexity index is 467. The molecule has 3 nitrogen and oxygen atoms in total. The highest BCUT2D eigenvalue weighted by atomic mass is 16.4. The summed E-state index contributed by atoms with van der Waals surface area (Å²) in [5.74, 6) is -0.947. The van der Waals surface area contributed by atoms with E-state index in [0.717, 1.165) is 11.1 Å². The Kier molecular flexibility index (Phi) is 3.25. The van der Waals surface area contributed by atoms with Crippen LogP contribution in [0.3, 0.4) is 0 Å². The van der Waals surface area contributed by atoms with E-state index in [1.807, 2.05) is 13.0 Å². The summed E-state index contributed by atoms with van der Waals surface area (Å²) in [4.78, 5) is 10.6. The fourth-order valence-corrected chi connectivity index (χ4v) is 1.16. The van der Waals surface area contributed by atoms with E-state index in [9.17, 15) is 4.79 Å². The lowest BCUT2D eigenvalue weighted by atomic mass is 10.0. The van der Waals surface area contributed by atoms with Crippen molar-refractivity contribution in [1.82, 2.24) is 0 Å². The molecule has 1 N–H and O–H groups in total. The van der Waals surface area contributed by atoms with E-state index < -0.39 is 5.97 Å². The molecular weight excluding hydrogens is 190 g/mol. The summed E-state index contributed by atoms with van der Waals surface area (Å²) in [6, 6.07) is 7.22. The van der Waals surface area contributed by atoms with Crippen LogP contribution in [-0.4, -0.2) is 11.1 Å². The number of hydrogen-bond donors (Lipinski definition) is 1. The van der Waals surface area contributed by atoms with Crippen molar-refractivity contribution in [1.29, 1.82) is 5.26 Å². The minimum Gasteiger partial charge on any atom is -0.478 e. The Balaban J connectivity index is 3.20. The summed E-state index contributed by atoms with van der Waals surface area (Å²) in [6.07, 6.45) is 1.57. The Labute approximate surface area is 88.3 Å². The average molecular weight is 201 g/mol. The number of carboxylic acid groups (broad SMARTS) is 1. The molecule has 0 atom stereocenters. The average Bonchev–Trinajstić information content (AvgIpc) is 2.21. The fourth-order valence-electron chi connectivity index (χ4n) is 1.16. The van der Waals surface area contributed by atoms with Gasteiger partial charge in [0.25, 0.3) is 0 Å². The standard InChI is InChI=1S/C12H11NO2/c1-8-3-4-10(7-13)6-11(8)5-9(2)12(14)15/h3-6H,1-2H3,(H,14,15). The van der Waals surface area contributed by atoms with Gasteiger partial charge in [-0.2, -0.15) is 5.26 Å². The van der Waals surface area contributed by atoms with E-state index in [0.29, 0.717) is 5.56 Å². The lowest BCUT2D eigenvalue weighted by Gasteiger charge is -2.01. The number of rotatable bonds is 2. The first kappa shape index (κ1) is 11.0. The van der Waals surface area contributed by atoms with Crippen LogP contribution in [0.4, 0.5) is 0 Å². The topological polar surface area (TPSA) is 61.1 Å². The molecule has 0 radical (unpaired) electrons. The van der Waals surface area contributed by atoms with Crippen molar-refractivity contribution in [2.45, 2.75) is 13.8 Å². The molecular formula is C12H11NO2. The molecule has 0 fully saturated rings. The van der Waals surface area contributed by atoms with Crippen molar-refractivity contribution >= 4 is 12.0 Å². The van der Waals surface area contributed by atoms with E-state index >= 15 is 0 Å². The van der Waals surface area contributed by atoms with Gasteiger partial charge in [0.1, 0.15) is 0 Å². The zero-order valence-electron chi connectivity index (χ0n) is 8.61. The minimum atomic E-state index is -0.947. The van der Waals surface area contributed by atoms with E-state index in [-0.39, 0.29) is 5.57 Å². The van der Waals surface area contributed by atoms with Gasteiger partial charge in [-0.05, 0) is 43.2 Å². The number of hydrogen-bond acceptors (Lipinski definition) is 2. The zero-order chi connectivity index (χ0) is 11.4. The molecule has 0 aliphatic rings. The maximum Gasteiger partial charge on any atom is 0.331 e. The van der Waals surface area contributed by atoms with Gasteiger partial charge < -0.3 is 5.11 Å². The van der Waals surface area contributed by atoms with Crippen LogP contribution in [-0.2, 0) is 4.79 Å². The van der Waals surface area contributed by atoms with Crippen molar-refractivity contribution in [2.75, 3.05) is 0 Å². The van der Waals surface area contributed by atoms with Gasteiger partial charge in [0, 0.05) is 5.57 Å². The number of aryl methyl sites for hydroxylation is 1. The Hall–Kier alpha value is -2.08. The van der Waals surface area contributed by atoms with E-state index in [1.165, 1.54) is 6.92 Å². The molecule has 0 saturated heterocycles.